The number of carbonyl (C=O) groups excluding carboxylic acids is 1. The van der Waals surface area contributed by atoms with Gasteiger partial charge in [0.2, 0.25) is 0 Å². The van der Waals surface area contributed by atoms with Crippen LogP contribution >= 0.6 is 11.6 Å². The van der Waals surface area contributed by atoms with Crippen LogP contribution in [-0.2, 0) is 4.79 Å². The fraction of sp³-hybridized carbons (Fsp3) is 0.200. The van der Waals surface area contributed by atoms with Gasteiger partial charge in [-0.1, -0.05) is 29.8 Å². The van der Waals surface area contributed by atoms with Crippen molar-refractivity contribution in [1.82, 2.24) is 5.32 Å². The fourth-order valence-corrected chi connectivity index (χ4v) is 2.90. The maximum atomic E-state index is 12.3. The van der Waals surface area contributed by atoms with Crippen molar-refractivity contribution >= 4 is 29.1 Å². The Labute approximate surface area is 157 Å². The van der Waals surface area contributed by atoms with Crippen molar-refractivity contribution in [2.75, 3.05) is 7.11 Å². The number of benzene rings is 2. The zero-order valence-corrected chi connectivity index (χ0v) is 15.5. The Hall–Kier alpha value is -2.79. The number of carbonyl (C=O) groups is 2. The average molecular weight is 374 g/mol. The van der Waals surface area contributed by atoms with Crippen LogP contribution in [0.2, 0.25) is 5.02 Å². The van der Waals surface area contributed by atoms with Crippen LogP contribution in [0.3, 0.4) is 0 Å². The molecular weight excluding hydrogens is 354 g/mol. The molecule has 1 atom stereocenters. The summed E-state index contributed by atoms with van der Waals surface area (Å²) in [5.74, 6) is -0.958. The predicted molar refractivity (Wildman–Crippen MR) is 102 cm³/mol. The molecule has 0 aliphatic heterocycles. The zero-order valence-electron chi connectivity index (χ0n) is 14.7. The van der Waals surface area contributed by atoms with Gasteiger partial charge in [-0.2, -0.15) is 0 Å². The van der Waals surface area contributed by atoms with Crippen molar-refractivity contribution in [3.63, 3.8) is 0 Å². The number of amides is 1. The van der Waals surface area contributed by atoms with Crippen molar-refractivity contribution in [3.8, 4) is 5.75 Å². The second-order valence-electron chi connectivity index (χ2n) is 5.75. The van der Waals surface area contributed by atoms with Crippen LogP contribution in [0.4, 0.5) is 0 Å². The minimum absolute atomic E-state index is 0.0647. The highest BCUT2D eigenvalue weighted by molar-refractivity contribution is 6.30. The Morgan fingerprint density at radius 2 is 1.81 bits per heavy atom. The molecule has 2 N–H and O–H groups in total. The molecule has 1 amide bonds. The summed E-state index contributed by atoms with van der Waals surface area (Å²) in [7, 11) is 1.50. The van der Waals surface area contributed by atoms with E-state index >= 15 is 0 Å². The molecule has 1 unspecified atom stereocenters. The highest BCUT2D eigenvalue weighted by Gasteiger charge is 2.23. The van der Waals surface area contributed by atoms with E-state index in [2.05, 4.69) is 5.32 Å². The lowest BCUT2D eigenvalue weighted by Gasteiger charge is -2.19. The molecule has 0 heterocycles. The highest BCUT2D eigenvalue weighted by atomic mass is 35.5. The van der Waals surface area contributed by atoms with Crippen molar-refractivity contribution < 1.29 is 19.4 Å². The normalized spacial score (nSPS) is 12.8. The fourth-order valence-electron chi connectivity index (χ4n) is 2.73. The van der Waals surface area contributed by atoms with Gasteiger partial charge in [-0.3, -0.25) is 4.79 Å². The third-order valence-corrected chi connectivity index (χ3v) is 4.25. The zero-order chi connectivity index (χ0) is 19.3. The van der Waals surface area contributed by atoms with E-state index in [1.165, 1.54) is 7.11 Å². The third kappa shape index (κ3) is 4.43. The molecule has 0 radical (unpaired) electrons. The van der Waals surface area contributed by atoms with E-state index in [0.717, 1.165) is 0 Å². The molecule has 136 valence electrons. The summed E-state index contributed by atoms with van der Waals surface area (Å²) in [4.78, 5) is 24.2. The molecule has 2 aromatic rings. The van der Waals surface area contributed by atoms with E-state index in [0.29, 0.717) is 27.5 Å². The first-order valence-electron chi connectivity index (χ1n) is 7.99. The quantitative estimate of drug-likeness (QED) is 0.750. The summed E-state index contributed by atoms with van der Waals surface area (Å²) < 4.78 is 5.31. The first-order chi connectivity index (χ1) is 12.3. The van der Waals surface area contributed by atoms with Crippen molar-refractivity contribution in [2.45, 2.75) is 19.9 Å². The van der Waals surface area contributed by atoms with Gasteiger partial charge in [-0.15, -0.1) is 0 Å². The van der Waals surface area contributed by atoms with Crippen LogP contribution in [0.25, 0.3) is 5.57 Å². The number of carboxylic acid groups (broad SMARTS) is 1. The molecular formula is C20H20ClNO4. The number of nitrogens with one attached hydrogen (secondary N) is 1. The molecule has 0 spiro atoms. The number of halogens is 1. The number of hydrogen-bond acceptors (Lipinski definition) is 3. The molecule has 6 heteroatoms. The van der Waals surface area contributed by atoms with Gasteiger partial charge < -0.3 is 15.2 Å². The van der Waals surface area contributed by atoms with Gasteiger partial charge in [-0.25, -0.2) is 4.79 Å². The lowest BCUT2D eigenvalue weighted by Crippen LogP contribution is -2.36. The predicted octanol–water partition coefficient (Wildman–Crippen LogP) is 4.03. The standard InChI is InChI=1S/C20H20ClNO4/c1-12(16-11-15(21)9-10-17(16)26-3)18(20(24)25)13(2)22-19(23)14-7-5-4-6-8-14/h4-11,13H,1-3H3,(H,22,23)(H,24,25)/b18-12+. The minimum Gasteiger partial charge on any atom is -0.496 e. The van der Waals surface area contributed by atoms with Gasteiger partial charge in [0.05, 0.1) is 18.7 Å². The summed E-state index contributed by atoms with van der Waals surface area (Å²) in [6.07, 6.45) is 0. The van der Waals surface area contributed by atoms with Crippen LogP contribution in [0.5, 0.6) is 5.75 Å². The number of methoxy groups -OCH3 is 1. The Bertz CT molecular complexity index is 846. The third-order valence-electron chi connectivity index (χ3n) is 4.02. The molecule has 2 aromatic carbocycles. The Kier molecular flexibility index (Phi) is 6.41. The van der Waals surface area contributed by atoms with Gasteiger partial charge in [0.15, 0.2) is 0 Å². The lowest BCUT2D eigenvalue weighted by molar-refractivity contribution is -0.132. The van der Waals surface area contributed by atoms with Crippen LogP contribution in [0.15, 0.2) is 54.1 Å². The number of hydrogen-bond donors (Lipinski definition) is 2. The first-order valence-corrected chi connectivity index (χ1v) is 8.36. The molecule has 5 nitrogen and oxygen atoms in total. The molecule has 0 bridgehead atoms. The van der Waals surface area contributed by atoms with Crippen molar-refractivity contribution in [3.05, 3.63) is 70.3 Å². The second kappa shape index (κ2) is 8.54. The van der Waals surface area contributed by atoms with E-state index < -0.39 is 12.0 Å². The van der Waals surface area contributed by atoms with Crippen molar-refractivity contribution in [1.29, 1.82) is 0 Å². The van der Waals surface area contributed by atoms with E-state index in [1.807, 2.05) is 0 Å². The Morgan fingerprint density at radius 3 is 2.38 bits per heavy atom. The summed E-state index contributed by atoms with van der Waals surface area (Å²) in [5, 5.41) is 12.9. The van der Waals surface area contributed by atoms with Crippen LogP contribution in [0.1, 0.15) is 29.8 Å². The number of aliphatic carboxylic acids is 1. The lowest BCUT2D eigenvalue weighted by atomic mass is 9.96. The molecule has 2 rings (SSSR count). The summed E-state index contributed by atoms with van der Waals surface area (Å²) in [5.41, 5.74) is 1.56. The van der Waals surface area contributed by atoms with Gasteiger partial charge in [0.1, 0.15) is 5.75 Å². The van der Waals surface area contributed by atoms with E-state index in [9.17, 15) is 14.7 Å². The van der Waals surface area contributed by atoms with Gasteiger partial charge >= 0.3 is 5.97 Å². The number of carboxylic acids is 1. The average Bonchev–Trinajstić information content (AvgIpc) is 2.62. The topological polar surface area (TPSA) is 75.6 Å². The summed E-state index contributed by atoms with van der Waals surface area (Å²) in [6.45, 7) is 3.30. The van der Waals surface area contributed by atoms with E-state index in [-0.39, 0.29) is 11.5 Å². The number of rotatable bonds is 6. The first kappa shape index (κ1) is 19.5. The summed E-state index contributed by atoms with van der Waals surface area (Å²) in [6, 6.07) is 12.9. The Balaban J connectivity index is 2.41. The van der Waals surface area contributed by atoms with Crippen LogP contribution in [0, 0.1) is 0 Å². The molecule has 26 heavy (non-hydrogen) atoms. The van der Waals surface area contributed by atoms with E-state index in [1.54, 1.807) is 62.4 Å². The largest absolute Gasteiger partial charge is 0.496 e. The van der Waals surface area contributed by atoms with Gasteiger partial charge in [0, 0.05) is 16.1 Å². The molecule has 0 fully saturated rings. The second-order valence-corrected chi connectivity index (χ2v) is 6.19. The van der Waals surface area contributed by atoms with Gasteiger partial charge in [0.25, 0.3) is 5.91 Å². The number of allylic oxidation sites excluding steroid dienone is 1. The van der Waals surface area contributed by atoms with E-state index in [4.69, 9.17) is 16.3 Å². The van der Waals surface area contributed by atoms with Crippen LogP contribution in [-0.4, -0.2) is 30.1 Å². The van der Waals surface area contributed by atoms with Crippen molar-refractivity contribution in [2.24, 2.45) is 0 Å². The molecule has 0 aromatic heterocycles. The smallest absolute Gasteiger partial charge is 0.333 e. The number of ether oxygens (including phenoxy) is 1. The maximum absolute atomic E-state index is 12.3. The molecule has 0 saturated heterocycles. The monoisotopic (exact) mass is 373 g/mol. The molecule has 0 saturated carbocycles. The maximum Gasteiger partial charge on any atom is 0.333 e. The van der Waals surface area contributed by atoms with Gasteiger partial charge in [-0.05, 0) is 49.8 Å². The minimum atomic E-state index is -1.12. The van der Waals surface area contributed by atoms with Crippen LogP contribution < -0.4 is 10.1 Å². The SMILES string of the molecule is COc1ccc(Cl)cc1/C(C)=C(/C(=O)O)C(C)NC(=O)c1ccccc1. The molecule has 0 aliphatic rings. The summed E-state index contributed by atoms with van der Waals surface area (Å²) >= 11 is 6.05. The molecule has 0 aliphatic carbocycles. The highest BCUT2D eigenvalue weighted by Crippen LogP contribution is 2.31. The Morgan fingerprint density at radius 1 is 1.15 bits per heavy atom.